The summed E-state index contributed by atoms with van der Waals surface area (Å²) in [5.41, 5.74) is 4.80. The predicted molar refractivity (Wildman–Crippen MR) is 224 cm³/mol. The van der Waals surface area contributed by atoms with Crippen LogP contribution in [-0.4, -0.2) is 0 Å². The Morgan fingerprint density at radius 1 is 0.286 bits per heavy atom. The fourth-order valence-electron chi connectivity index (χ4n) is 7.56. The smallest absolute Gasteiger partial charge is 0.0119 e. The van der Waals surface area contributed by atoms with Gasteiger partial charge in [-0.2, -0.15) is 0 Å². The van der Waals surface area contributed by atoms with E-state index in [1.807, 2.05) is 0 Å². The van der Waals surface area contributed by atoms with Crippen LogP contribution in [0.2, 0.25) is 0 Å². The van der Waals surface area contributed by atoms with Crippen LogP contribution in [0.25, 0.3) is 0 Å². The van der Waals surface area contributed by atoms with Gasteiger partial charge in [-0.1, -0.05) is 228 Å². The third kappa shape index (κ3) is 16.8. The van der Waals surface area contributed by atoms with Crippen molar-refractivity contribution in [2.75, 3.05) is 0 Å². The average Bonchev–Trinajstić information content (AvgIpc) is 3.13. The molecule has 0 atom stereocenters. The quantitative estimate of drug-likeness (QED) is 0.0485. The lowest BCUT2D eigenvalue weighted by Crippen LogP contribution is -2.27. The summed E-state index contributed by atoms with van der Waals surface area (Å²) in [7, 11) is -0.612. The van der Waals surface area contributed by atoms with E-state index >= 15 is 0 Å². The lowest BCUT2D eigenvalue weighted by atomic mass is 10.0. The molecule has 0 bridgehead atoms. The highest BCUT2D eigenvalue weighted by Gasteiger charge is 2.24. The Hall–Kier alpha value is -1.91. The zero-order chi connectivity index (χ0) is 34.6. The largest absolute Gasteiger partial charge is 0.0654 e. The summed E-state index contributed by atoms with van der Waals surface area (Å²) < 4.78 is 0. The summed E-state index contributed by atoms with van der Waals surface area (Å²) in [6, 6.07) is 28.8. The molecule has 0 fully saturated rings. The van der Waals surface area contributed by atoms with Gasteiger partial charge < -0.3 is 0 Å². The van der Waals surface area contributed by atoms with Crippen LogP contribution >= 0.6 is 7.92 Å². The summed E-state index contributed by atoms with van der Waals surface area (Å²) in [6.45, 7) is 6.95. The molecule has 0 spiro atoms. The molecule has 0 aliphatic heterocycles. The molecule has 0 saturated carbocycles. The molecular weight excluding hydrogens is 608 g/mol. The summed E-state index contributed by atoms with van der Waals surface area (Å²) >= 11 is 0. The molecule has 0 heterocycles. The van der Waals surface area contributed by atoms with E-state index in [1.165, 1.54) is 173 Å². The third-order valence-electron chi connectivity index (χ3n) is 10.6. The minimum atomic E-state index is -0.612. The highest BCUT2D eigenvalue weighted by atomic mass is 31.1. The zero-order valence-corrected chi connectivity index (χ0v) is 33.4. The first-order valence-electron chi connectivity index (χ1n) is 21.3. The molecule has 0 N–H and O–H groups in total. The molecule has 0 amide bonds. The van der Waals surface area contributed by atoms with Crippen molar-refractivity contribution in [2.45, 2.75) is 194 Å². The van der Waals surface area contributed by atoms with Gasteiger partial charge in [0, 0.05) is 0 Å². The number of unbranched alkanes of at least 4 members (excludes halogenated alkanes) is 21. The lowest BCUT2D eigenvalue weighted by molar-refractivity contribution is 0.575. The van der Waals surface area contributed by atoms with E-state index in [-0.39, 0.29) is 0 Å². The molecule has 0 unspecified atom stereocenters. The second-order valence-corrected chi connectivity index (χ2v) is 17.0. The van der Waals surface area contributed by atoms with E-state index in [0.29, 0.717) is 0 Å². The zero-order valence-electron chi connectivity index (χ0n) is 32.5. The van der Waals surface area contributed by atoms with Gasteiger partial charge in [0.15, 0.2) is 0 Å². The lowest BCUT2D eigenvalue weighted by Gasteiger charge is -2.27. The number of aryl methyl sites for hydroxylation is 3. The Bertz CT molecular complexity index is 1060. The van der Waals surface area contributed by atoms with E-state index < -0.39 is 7.92 Å². The van der Waals surface area contributed by atoms with Crippen LogP contribution < -0.4 is 15.9 Å². The van der Waals surface area contributed by atoms with E-state index in [2.05, 4.69) is 93.6 Å². The molecule has 3 aromatic rings. The van der Waals surface area contributed by atoms with Crippen molar-refractivity contribution in [3.8, 4) is 0 Å². The summed E-state index contributed by atoms with van der Waals surface area (Å²) in [5.74, 6) is 0. The van der Waals surface area contributed by atoms with Crippen LogP contribution in [0.5, 0.6) is 0 Å². The summed E-state index contributed by atoms with van der Waals surface area (Å²) in [6.07, 6.45) is 36.8. The van der Waals surface area contributed by atoms with E-state index in [4.69, 9.17) is 0 Å². The Kier molecular flexibility index (Phi) is 23.5. The fraction of sp³-hybridized carbons (Fsp3) is 0.625. The van der Waals surface area contributed by atoms with Crippen LogP contribution in [0.3, 0.4) is 0 Å². The van der Waals surface area contributed by atoms with Gasteiger partial charge in [-0.25, -0.2) is 0 Å². The Balaban J connectivity index is 1.80. The summed E-state index contributed by atoms with van der Waals surface area (Å²) in [4.78, 5) is 0. The average molecular weight is 683 g/mol. The maximum absolute atomic E-state index is 2.51. The van der Waals surface area contributed by atoms with E-state index in [1.54, 1.807) is 32.6 Å². The molecule has 1 heteroatoms. The highest BCUT2D eigenvalue weighted by Crippen LogP contribution is 2.38. The first-order valence-corrected chi connectivity index (χ1v) is 22.7. The maximum atomic E-state index is 2.51. The number of rotatable bonds is 30. The number of benzene rings is 3. The minimum absolute atomic E-state index is 0.612. The van der Waals surface area contributed by atoms with Crippen molar-refractivity contribution in [3.63, 3.8) is 0 Å². The Morgan fingerprint density at radius 2 is 0.510 bits per heavy atom. The van der Waals surface area contributed by atoms with Gasteiger partial charge in [-0.05, 0) is 79.1 Å². The molecule has 0 saturated heterocycles. The molecule has 49 heavy (non-hydrogen) atoms. The van der Waals surface area contributed by atoms with Gasteiger partial charge in [0.25, 0.3) is 0 Å². The first-order chi connectivity index (χ1) is 24.3. The fourth-order valence-corrected chi connectivity index (χ4v) is 10.5. The Labute approximate surface area is 306 Å². The SMILES string of the molecule is CCCCCCCCCCc1ccccc1P(c1ccccc1CCCCCCCCCC)c1ccccc1CCCCCCCCCC. The van der Waals surface area contributed by atoms with Crippen molar-refractivity contribution in [3.05, 3.63) is 89.5 Å². The minimum Gasteiger partial charge on any atom is -0.0654 e. The highest BCUT2D eigenvalue weighted by molar-refractivity contribution is 7.80. The number of hydrogen-bond acceptors (Lipinski definition) is 0. The third-order valence-corrected chi connectivity index (χ3v) is 13.4. The van der Waals surface area contributed by atoms with E-state index in [0.717, 1.165) is 0 Å². The Morgan fingerprint density at radius 3 is 0.776 bits per heavy atom. The number of hydrogen-bond donors (Lipinski definition) is 0. The van der Waals surface area contributed by atoms with E-state index in [9.17, 15) is 0 Å². The molecule has 0 aromatic heterocycles. The van der Waals surface area contributed by atoms with Crippen LogP contribution in [-0.2, 0) is 19.3 Å². The van der Waals surface area contributed by atoms with Crippen molar-refractivity contribution >= 4 is 23.8 Å². The standard InChI is InChI=1S/C48H75P/c1-4-7-10-13-16-19-22-25-34-43-37-28-31-40-46(43)49(47-41-32-29-38-44(47)35-26-23-20-17-14-11-8-5-2)48-42-33-30-39-45(48)36-27-24-21-18-15-12-9-6-3/h28-33,37-42H,4-27,34-36H2,1-3H3. The molecule has 3 rings (SSSR count). The van der Waals surface area contributed by atoms with Crippen molar-refractivity contribution in [1.82, 2.24) is 0 Å². The van der Waals surface area contributed by atoms with Crippen molar-refractivity contribution in [2.24, 2.45) is 0 Å². The van der Waals surface area contributed by atoms with Gasteiger partial charge in [-0.15, -0.1) is 0 Å². The topological polar surface area (TPSA) is 0 Å². The molecule has 0 nitrogen and oxygen atoms in total. The second-order valence-electron chi connectivity index (χ2n) is 14.9. The second kappa shape index (κ2) is 27.8. The van der Waals surface area contributed by atoms with Crippen LogP contribution in [0.1, 0.15) is 192 Å². The van der Waals surface area contributed by atoms with Gasteiger partial charge in [-0.3, -0.25) is 0 Å². The monoisotopic (exact) mass is 683 g/mol. The first kappa shape index (κ1) is 41.5. The van der Waals surface area contributed by atoms with Gasteiger partial charge in [0.2, 0.25) is 0 Å². The van der Waals surface area contributed by atoms with Crippen LogP contribution in [0, 0.1) is 0 Å². The molecule has 0 aliphatic rings. The van der Waals surface area contributed by atoms with Crippen molar-refractivity contribution < 1.29 is 0 Å². The molecule has 3 aromatic carbocycles. The van der Waals surface area contributed by atoms with Crippen molar-refractivity contribution in [1.29, 1.82) is 0 Å². The van der Waals surface area contributed by atoms with Crippen LogP contribution in [0.15, 0.2) is 72.8 Å². The molecule has 0 radical (unpaired) electrons. The molecular formula is C48H75P. The normalized spacial score (nSPS) is 11.5. The maximum Gasteiger partial charge on any atom is -0.0119 e. The predicted octanol–water partition coefficient (Wildman–Crippen LogP) is 14.5. The van der Waals surface area contributed by atoms with Crippen LogP contribution in [0.4, 0.5) is 0 Å². The summed E-state index contributed by atoms with van der Waals surface area (Å²) in [5, 5.41) is 4.85. The molecule has 0 aliphatic carbocycles. The van der Waals surface area contributed by atoms with Gasteiger partial charge in [0.1, 0.15) is 0 Å². The van der Waals surface area contributed by atoms with Gasteiger partial charge >= 0.3 is 0 Å². The molecule has 272 valence electrons. The van der Waals surface area contributed by atoms with Gasteiger partial charge in [0.05, 0.1) is 0 Å².